The zero-order valence-corrected chi connectivity index (χ0v) is 17.6. The number of likely N-dealkylation sites (tertiary alicyclic amines) is 1. The number of rotatable bonds is 5. The maximum Gasteiger partial charge on any atom is 0.253 e. The van der Waals surface area contributed by atoms with Crippen LogP contribution in [0.15, 0.2) is 42.7 Å². The summed E-state index contributed by atoms with van der Waals surface area (Å²) < 4.78 is 2.27. The summed E-state index contributed by atoms with van der Waals surface area (Å²) in [7, 11) is 0. The molecule has 0 saturated carbocycles. The van der Waals surface area contributed by atoms with Crippen molar-refractivity contribution in [1.29, 1.82) is 0 Å². The van der Waals surface area contributed by atoms with Gasteiger partial charge in [-0.25, -0.2) is 4.98 Å². The molecule has 3 heterocycles. The number of carbonyl (C=O) groups excluding carboxylic acids is 2. The Labute approximate surface area is 176 Å². The fraction of sp³-hybridized carbons (Fsp3) is 0.391. The molecule has 1 saturated heterocycles. The SMILES string of the molecule is CC(=O)Nc1cccc(C(=O)N2CC[C@@H](c3nc4ccncc4n3CC(C)C)C2)c1. The molecule has 0 bridgehead atoms. The third-order valence-electron chi connectivity index (χ3n) is 5.40. The molecule has 0 unspecified atom stereocenters. The van der Waals surface area contributed by atoms with Crippen LogP contribution >= 0.6 is 0 Å². The lowest BCUT2D eigenvalue weighted by Crippen LogP contribution is -2.29. The smallest absolute Gasteiger partial charge is 0.253 e. The van der Waals surface area contributed by atoms with Crippen LogP contribution in [0.1, 0.15) is 49.3 Å². The Kier molecular flexibility index (Phi) is 5.53. The Bertz CT molecular complexity index is 1090. The van der Waals surface area contributed by atoms with Crippen LogP contribution in [0.3, 0.4) is 0 Å². The molecule has 7 heteroatoms. The van der Waals surface area contributed by atoms with Gasteiger partial charge in [0, 0.05) is 49.9 Å². The number of nitrogens with zero attached hydrogens (tertiary/aromatic N) is 4. The minimum Gasteiger partial charge on any atom is -0.338 e. The van der Waals surface area contributed by atoms with E-state index in [9.17, 15) is 9.59 Å². The molecule has 0 spiro atoms. The van der Waals surface area contributed by atoms with Gasteiger partial charge in [-0.1, -0.05) is 19.9 Å². The molecule has 4 rings (SSSR count). The molecule has 0 aliphatic carbocycles. The Hall–Kier alpha value is -3.22. The molecule has 1 aromatic carbocycles. The molecule has 156 valence electrons. The second kappa shape index (κ2) is 8.26. The maximum absolute atomic E-state index is 13.1. The van der Waals surface area contributed by atoms with Gasteiger partial charge in [-0.05, 0) is 36.6 Å². The number of fused-ring (bicyclic) bond motifs is 1. The molecule has 3 aromatic rings. The van der Waals surface area contributed by atoms with Gasteiger partial charge in [-0.3, -0.25) is 14.6 Å². The third kappa shape index (κ3) is 4.06. The van der Waals surface area contributed by atoms with Gasteiger partial charge in [0.2, 0.25) is 5.91 Å². The lowest BCUT2D eigenvalue weighted by molar-refractivity contribution is -0.114. The molecule has 1 N–H and O–H groups in total. The number of aromatic nitrogens is 3. The normalized spacial score (nSPS) is 16.4. The van der Waals surface area contributed by atoms with E-state index in [1.165, 1.54) is 6.92 Å². The van der Waals surface area contributed by atoms with E-state index in [-0.39, 0.29) is 17.7 Å². The Morgan fingerprint density at radius 2 is 2.10 bits per heavy atom. The highest BCUT2D eigenvalue weighted by molar-refractivity contribution is 5.97. The van der Waals surface area contributed by atoms with Crippen LogP contribution < -0.4 is 5.32 Å². The van der Waals surface area contributed by atoms with E-state index in [0.29, 0.717) is 30.3 Å². The van der Waals surface area contributed by atoms with Gasteiger partial charge in [-0.15, -0.1) is 0 Å². The number of hydrogen-bond donors (Lipinski definition) is 1. The third-order valence-corrected chi connectivity index (χ3v) is 5.40. The van der Waals surface area contributed by atoms with Crippen molar-refractivity contribution in [2.45, 2.75) is 39.7 Å². The van der Waals surface area contributed by atoms with Gasteiger partial charge in [0.05, 0.1) is 17.2 Å². The van der Waals surface area contributed by atoms with Crippen LogP contribution in [-0.4, -0.2) is 44.3 Å². The molecule has 30 heavy (non-hydrogen) atoms. The minimum atomic E-state index is -0.153. The first-order chi connectivity index (χ1) is 14.4. The highest BCUT2D eigenvalue weighted by Gasteiger charge is 2.31. The standard InChI is InChI=1S/C23H27N5O2/c1-15(2)13-28-21-12-24-9-7-20(21)26-22(28)18-8-10-27(14-18)23(30)17-5-4-6-19(11-17)25-16(3)29/h4-7,9,11-12,15,18H,8,10,13-14H2,1-3H3,(H,25,29)/t18-/m1/s1. The summed E-state index contributed by atoms with van der Waals surface area (Å²) >= 11 is 0. The number of hydrogen-bond acceptors (Lipinski definition) is 4. The van der Waals surface area contributed by atoms with E-state index in [4.69, 9.17) is 4.98 Å². The predicted octanol–water partition coefficient (Wildman–Crippen LogP) is 3.68. The van der Waals surface area contributed by atoms with E-state index in [0.717, 1.165) is 29.8 Å². The Balaban J connectivity index is 1.56. The topological polar surface area (TPSA) is 80.1 Å². The Morgan fingerprint density at radius 1 is 1.27 bits per heavy atom. The molecule has 1 aliphatic heterocycles. The molecular formula is C23H27N5O2. The minimum absolute atomic E-state index is 0.0158. The highest BCUT2D eigenvalue weighted by Crippen LogP contribution is 2.31. The van der Waals surface area contributed by atoms with Gasteiger partial charge in [0.25, 0.3) is 5.91 Å². The second-order valence-electron chi connectivity index (χ2n) is 8.34. The average molecular weight is 406 g/mol. The maximum atomic E-state index is 13.1. The lowest BCUT2D eigenvalue weighted by Gasteiger charge is -2.18. The number of anilines is 1. The number of benzene rings is 1. The predicted molar refractivity (Wildman–Crippen MR) is 116 cm³/mol. The van der Waals surface area contributed by atoms with Gasteiger partial charge >= 0.3 is 0 Å². The van der Waals surface area contributed by atoms with Crippen molar-refractivity contribution in [3.63, 3.8) is 0 Å². The van der Waals surface area contributed by atoms with Crippen molar-refractivity contribution in [3.8, 4) is 0 Å². The molecule has 7 nitrogen and oxygen atoms in total. The van der Waals surface area contributed by atoms with Crippen molar-refractivity contribution in [3.05, 3.63) is 54.1 Å². The van der Waals surface area contributed by atoms with Crippen LogP contribution in [0.4, 0.5) is 5.69 Å². The van der Waals surface area contributed by atoms with Crippen LogP contribution in [0.2, 0.25) is 0 Å². The van der Waals surface area contributed by atoms with Crippen LogP contribution in [0, 0.1) is 5.92 Å². The number of carbonyl (C=O) groups is 2. The summed E-state index contributed by atoms with van der Waals surface area (Å²) in [6.45, 7) is 8.05. The van der Waals surface area contributed by atoms with Crippen LogP contribution in [-0.2, 0) is 11.3 Å². The lowest BCUT2D eigenvalue weighted by atomic mass is 10.1. The largest absolute Gasteiger partial charge is 0.338 e. The van der Waals surface area contributed by atoms with Crippen molar-refractivity contribution in [1.82, 2.24) is 19.4 Å². The van der Waals surface area contributed by atoms with Crippen LogP contribution in [0.5, 0.6) is 0 Å². The molecule has 2 amide bonds. The first-order valence-corrected chi connectivity index (χ1v) is 10.4. The van der Waals surface area contributed by atoms with Crippen molar-refractivity contribution < 1.29 is 9.59 Å². The van der Waals surface area contributed by atoms with Gasteiger partial charge in [0.15, 0.2) is 0 Å². The summed E-state index contributed by atoms with van der Waals surface area (Å²) in [6, 6.07) is 9.05. The van der Waals surface area contributed by atoms with E-state index < -0.39 is 0 Å². The molecule has 2 aromatic heterocycles. The van der Waals surface area contributed by atoms with E-state index in [2.05, 4.69) is 28.7 Å². The monoisotopic (exact) mass is 405 g/mol. The molecule has 1 atom stereocenters. The van der Waals surface area contributed by atoms with Gasteiger partial charge in [-0.2, -0.15) is 0 Å². The first kappa shape index (κ1) is 20.1. The summed E-state index contributed by atoms with van der Waals surface area (Å²) in [5.41, 5.74) is 3.22. The molecule has 1 fully saturated rings. The van der Waals surface area contributed by atoms with E-state index in [1.807, 2.05) is 17.2 Å². The average Bonchev–Trinajstić information content (AvgIpc) is 3.32. The number of nitrogens with one attached hydrogen (secondary N) is 1. The Morgan fingerprint density at radius 3 is 2.87 bits per heavy atom. The fourth-order valence-electron chi connectivity index (χ4n) is 4.13. The summed E-state index contributed by atoms with van der Waals surface area (Å²) in [5.74, 6) is 1.54. The summed E-state index contributed by atoms with van der Waals surface area (Å²) in [6.07, 6.45) is 4.52. The zero-order chi connectivity index (χ0) is 21.3. The number of amides is 2. The summed E-state index contributed by atoms with van der Waals surface area (Å²) in [5, 5.41) is 2.74. The van der Waals surface area contributed by atoms with Crippen LogP contribution in [0.25, 0.3) is 11.0 Å². The van der Waals surface area contributed by atoms with Gasteiger partial charge < -0.3 is 14.8 Å². The first-order valence-electron chi connectivity index (χ1n) is 10.4. The van der Waals surface area contributed by atoms with E-state index in [1.54, 1.807) is 30.5 Å². The fourth-order valence-corrected chi connectivity index (χ4v) is 4.13. The molecule has 1 aliphatic rings. The number of imidazole rings is 1. The van der Waals surface area contributed by atoms with Gasteiger partial charge in [0.1, 0.15) is 5.82 Å². The highest BCUT2D eigenvalue weighted by atomic mass is 16.2. The second-order valence-corrected chi connectivity index (χ2v) is 8.34. The van der Waals surface area contributed by atoms with Crippen molar-refractivity contribution >= 4 is 28.5 Å². The summed E-state index contributed by atoms with van der Waals surface area (Å²) in [4.78, 5) is 35.4. The molecular weight excluding hydrogens is 378 g/mol. The van der Waals surface area contributed by atoms with E-state index >= 15 is 0 Å². The quantitative estimate of drug-likeness (QED) is 0.702. The van der Waals surface area contributed by atoms with Crippen molar-refractivity contribution in [2.24, 2.45) is 5.92 Å². The number of pyridine rings is 1. The molecule has 0 radical (unpaired) electrons. The zero-order valence-electron chi connectivity index (χ0n) is 17.6. The van der Waals surface area contributed by atoms with Crippen molar-refractivity contribution in [2.75, 3.05) is 18.4 Å².